The Kier molecular flexibility index (Phi) is 4.70. The molecule has 0 aliphatic heterocycles. The van der Waals surface area contributed by atoms with E-state index in [0.29, 0.717) is 17.7 Å². The number of rotatable bonds is 5. The first kappa shape index (κ1) is 14.0. The van der Waals surface area contributed by atoms with Gasteiger partial charge in [0.2, 0.25) is 0 Å². The summed E-state index contributed by atoms with van der Waals surface area (Å²) in [5, 5.41) is 8.79. The van der Waals surface area contributed by atoms with Crippen molar-refractivity contribution >= 4 is 0 Å². The van der Waals surface area contributed by atoms with E-state index in [2.05, 4.69) is 0 Å². The van der Waals surface area contributed by atoms with Crippen molar-refractivity contribution in [3.05, 3.63) is 65.0 Å². The summed E-state index contributed by atoms with van der Waals surface area (Å²) in [6.45, 7) is 0.478. The molecule has 0 aliphatic carbocycles. The van der Waals surface area contributed by atoms with E-state index in [1.165, 1.54) is 18.2 Å². The summed E-state index contributed by atoms with van der Waals surface area (Å²) in [6.07, 6.45) is 0. The number of hydrogen-bond donors (Lipinski definition) is 0. The second-order valence-electron chi connectivity index (χ2n) is 4.26. The minimum Gasteiger partial charge on any atom is -0.497 e. The third-order valence-electron chi connectivity index (χ3n) is 2.84. The van der Waals surface area contributed by atoms with Crippen LogP contribution in [0.4, 0.5) is 4.39 Å². The van der Waals surface area contributed by atoms with Gasteiger partial charge in [-0.25, -0.2) is 4.39 Å². The van der Waals surface area contributed by atoms with E-state index in [0.717, 1.165) is 11.3 Å². The van der Waals surface area contributed by atoms with Gasteiger partial charge >= 0.3 is 0 Å². The lowest BCUT2D eigenvalue weighted by atomic mass is 10.1. The van der Waals surface area contributed by atoms with Crippen LogP contribution in [0.15, 0.2) is 42.5 Å². The van der Waals surface area contributed by atoms with Crippen LogP contribution in [0.25, 0.3) is 0 Å². The van der Waals surface area contributed by atoms with E-state index in [9.17, 15) is 4.39 Å². The molecular weight excluding hydrogens is 257 g/mol. The molecule has 0 spiro atoms. The molecule has 0 bridgehead atoms. The molecule has 3 nitrogen and oxygen atoms in total. The van der Waals surface area contributed by atoms with E-state index >= 15 is 0 Å². The standard InChI is InChI=1S/C16H14FNO2/c1-19-15-4-2-3-13(8-15)10-20-11-14-7-12(9-18)5-6-16(14)17/h2-8H,10-11H2,1H3. The van der Waals surface area contributed by atoms with Gasteiger partial charge in [0.1, 0.15) is 11.6 Å². The van der Waals surface area contributed by atoms with Crippen LogP contribution in [0.2, 0.25) is 0 Å². The molecule has 2 aromatic rings. The highest BCUT2D eigenvalue weighted by Gasteiger charge is 2.04. The lowest BCUT2D eigenvalue weighted by Crippen LogP contribution is -1.98. The molecular formula is C16H14FNO2. The average Bonchev–Trinajstić information content (AvgIpc) is 2.49. The number of nitriles is 1. The van der Waals surface area contributed by atoms with E-state index in [-0.39, 0.29) is 12.4 Å². The number of halogens is 1. The summed E-state index contributed by atoms with van der Waals surface area (Å²) in [6, 6.07) is 13.7. The summed E-state index contributed by atoms with van der Waals surface area (Å²) < 4.78 is 24.1. The van der Waals surface area contributed by atoms with Gasteiger partial charge in [-0.15, -0.1) is 0 Å². The Morgan fingerprint density at radius 2 is 2.00 bits per heavy atom. The molecule has 0 aromatic heterocycles. The van der Waals surface area contributed by atoms with Crippen molar-refractivity contribution < 1.29 is 13.9 Å². The molecule has 20 heavy (non-hydrogen) atoms. The normalized spacial score (nSPS) is 10.1. The summed E-state index contributed by atoms with van der Waals surface area (Å²) in [5.74, 6) is 0.387. The summed E-state index contributed by atoms with van der Waals surface area (Å²) in [5.41, 5.74) is 1.75. The first-order valence-corrected chi connectivity index (χ1v) is 6.12. The first-order chi connectivity index (χ1) is 9.72. The fourth-order valence-electron chi connectivity index (χ4n) is 1.80. The van der Waals surface area contributed by atoms with Gasteiger partial charge in [0.25, 0.3) is 0 Å². The summed E-state index contributed by atoms with van der Waals surface area (Å²) >= 11 is 0. The van der Waals surface area contributed by atoms with Gasteiger partial charge in [-0.05, 0) is 35.9 Å². The topological polar surface area (TPSA) is 42.2 Å². The lowest BCUT2D eigenvalue weighted by molar-refractivity contribution is 0.104. The van der Waals surface area contributed by atoms with Gasteiger partial charge in [-0.1, -0.05) is 12.1 Å². The largest absolute Gasteiger partial charge is 0.497 e. The monoisotopic (exact) mass is 271 g/mol. The predicted octanol–water partition coefficient (Wildman–Crippen LogP) is 3.42. The van der Waals surface area contributed by atoms with E-state index in [4.69, 9.17) is 14.7 Å². The van der Waals surface area contributed by atoms with Gasteiger partial charge < -0.3 is 9.47 Å². The zero-order chi connectivity index (χ0) is 14.4. The Balaban J connectivity index is 1.97. The van der Waals surface area contributed by atoms with Crippen LogP contribution in [0.5, 0.6) is 5.75 Å². The van der Waals surface area contributed by atoms with Crippen molar-refractivity contribution in [2.24, 2.45) is 0 Å². The molecule has 102 valence electrons. The number of nitrogens with zero attached hydrogens (tertiary/aromatic N) is 1. The molecule has 2 rings (SSSR count). The van der Waals surface area contributed by atoms with Crippen LogP contribution >= 0.6 is 0 Å². The van der Waals surface area contributed by atoms with Gasteiger partial charge in [0, 0.05) is 5.56 Å². The molecule has 0 saturated carbocycles. The van der Waals surface area contributed by atoms with Crippen molar-refractivity contribution in [3.63, 3.8) is 0 Å². The molecule has 0 N–H and O–H groups in total. The Bertz CT molecular complexity index is 635. The maximum atomic E-state index is 13.5. The number of methoxy groups -OCH3 is 1. The fourth-order valence-corrected chi connectivity index (χ4v) is 1.80. The van der Waals surface area contributed by atoms with Crippen LogP contribution in [-0.2, 0) is 18.0 Å². The second kappa shape index (κ2) is 6.69. The predicted molar refractivity (Wildman–Crippen MR) is 72.6 cm³/mol. The second-order valence-corrected chi connectivity index (χ2v) is 4.26. The van der Waals surface area contributed by atoms with Gasteiger partial charge in [0.15, 0.2) is 0 Å². The molecule has 0 heterocycles. The van der Waals surface area contributed by atoms with E-state index in [1.807, 2.05) is 30.3 Å². The van der Waals surface area contributed by atoms with Crippen LogP contribution in [0.3, 0.4) is 0 Å². The zero-order valence-electron chi connectivity index (χ0n) is 11.1. The van der Waals surface area contributed by atoms with Crippen LogP contribution in [0.1, 0.15) is 16.7 Å². The molecule has 0 aliphatic rings. The molecule has 0 radical (unpaired) electrons. The minimum atomic E-state index is -0.366. The molecule has 4 heteroatoms. The third-order valence-corrected chi connectivity index (χ3v) is 2.84. The Hall–Kier alpha value is -2.38. The SMILES string of the molecule is COc1cccc(COCc2cc(C#N)ccc2F)c1. The van der Waals surface area contributed by atoms with Gasteiger partial charge in [-0.3, -0.25) is 0 Å². The summed E-state index contributed by atoms with van der Waals surface area (Å²) in [4.78, 5) is 0. The quantitative estimate of drug-likeness (QED) is 0.836. The zero-order valence-corrected chi connectivity index (χ0v) is 11.1. The van der Waals surface area contributed by atoms with Crippen molar-refractivity contribution in [1.82, 2.24) is 0 Å². The molecule has 0 atom stereocenters. The molecule has 2 aromatic carbocycles. The molecule has 0 saturated heterocycles. The van der Waals surface area contributed by atoms with Crippen LogP contribution in [-0.4, -0.2) is 7.11 Å². The smallest absolute Gasteiger partial charge is 0.128 e. The Morgan fingerprint density at radius 3 is 2.75 bits per heavy atom. The first-order valence-electron chi connectivity index (χ1n) is 6.12. The maximum Gasteiger partial charge on any atom is 0.128 e. The van der Waals surface area contributed by atoms with E-state index < -0.39 is 0 Å². The van der Waals surface area contributed by atoms with Crippen LogP contribution in [0, 0.1) is 17.1 Å². The van der Waals surface area contributed by atoms with Crippen molar-refractivity contribution in [1.29, 1.82) is 5.26 Å². The van der Waals surface area contributed by atoms with E-state index in [1.54, 1.807) is 7.11 Å². The molecule has 0 fully saturated rings. The fraction of sp³-hybridized carbons (Fsp3) is 0.188. The van der Waals surface area contributed by atoms with Crippen LogP contribution < -0.4 is 4.74 Å². The highest BCUT2D eigenvalue weighted by Crippen LogP contribution is 2.15. The van der Waals surface area contributed by atoms with Gasteiger partial charge in [0.05, 0.1) is 32.0 Å². The average molecular weight is 271 g/mol. The number of hydrogen-bond acceptors (Lipinski definition) is 3. The van der Waals surface area contributed by atoms with Crippen molar-refractivity contribution in [2.45, 2.75) is 13.2 Å². The Labute approximate surface area is 117 Å². The molecule has 0 amide bonds. The van der Waals surface area contributed by atoms with Crippen molar-refractivity contribution in [3.8, 4) is 11.8 Å². The third kappa shape index (κ3) is 3.56. The number of benzene rings is 2. The van der Waals surface area contributed by atoms with Gasteiger partial charge in [-0.2, -0.15) is 5.26 Å². The molecule has 0 unspecified atom stereocenters. The minimum absolute atomic E-state index is 0.124. The maximum absolute atomic E-state index is 13.5. The highest BCUT2D eigenvalue weighted by atomic mass is 19.1. The lowest BCUT2D eigenvalue weighted by Gasteiger charge is -2.07. The summed E-state index contributed by atoms with van der Waals surface area (Å²) in [7, 11) is 1.60. The highest BCUT2D eigenvalue weighted by molar-refractivity contribution is 5.33. The van der Waals surface area contributed by atoms with Crippen molar-refractivity contribution in [2.75, 3.05) is 7.11 Å². The Morgan fingerprint density at radius 1 is 1.15 bits per heavy atom. The number of ether oxygens (including phenoxy) is 2.